The molecule has 0 bridgehead atoms. The predicted molar refractivity (Wildman–Crippen MR) is 129 cm³/mol. The maximum absolute atomic E-state index is 12.9. The van der Waals surface area contributed by atoms with Crippen LogP contribution in [0.25, 0.3) is 11.3 Å². The number of halogens is 1. The molecular weight excluding hydrogens is 452 g/mol. The van der Waals surface area contributed by atoms with E-state index in [0.717, 1.165) is 22.4 Å². The molecule has 5 rings (SSSR count). The Kier molecular flexibility index (Phi) is 5.65. The third kappa shape index (κ3) is 4.18. The largest absolute Gasteiger partial charge is 0.324 e. The number of nitrogens with one attached hydrogen (secondary N) is 2. The molecule has 0 atom stereocenters. The van der Waals surface area contributed by atoms with Gasteiger partial charge < -0.3 is 5.32 Å². The molecule has 8 nitrogen and oxygen atoms in total. The van der Waals surface area contributed by atoms with Crippen LogP contribution in [0.1, 0.15) is 31.8 Å². The van der Waals surface area contributed by atoms with E-state index in [-0.39, 0.29) is 12.5 Å². The van der Waals surface area contributed by atoms with Crippen LogP contribution in [0.2, 0.25) is 5.02 Å². The molecule has 0 saturated heterocycles. The lowest BCUT2D eigenvalue weighted by molar-refractivity contribution is 0.0603. The minimum atomic E-state index is -0.412. The average Bonchev–Trinajstić information content (AvgIpc) is 3.17. The van der Waals surface area contributed by atoms with E-state index in [9.17, 15) is 9.59 Å². The number of carbonyl (C=O) groups is 2. The van der Waals surface area contributed by atoms with Gasteiger partial charge in [-0.2, -0.15) is 0 Å². The summed E-state index contributed by atoms with van der Waals surface area (Å²) in [6.07, 6.45) is 5.09. The first-order chi connectivity index (χ1) is 16.5. The van der Waals surface area contributed by atoms with Gasteiger partial charge in [-0.25, -0.2) is 15.0 Å². The molecule has 2 N–H and O–H groups in total. The topological polar surface area (TPSA) is 100 Å². The van der Waals surface area contributed by atoms with Crippen molar-refractivity contribution in [3.63, 3.8) is 0 Å². The summed E-state index contributed by atoms with van der Waals surface area (Å²) in [5, 5.41) is 4.82. The Labute approximate surface area is 200 Å². The molecule has 1 aliphatic rings. The zero-order valence-corrected chi connectivity index (χ0v) is 18.9. The lowest BCUT2D eigenvalue weighted by atomic mass is 10.1. The number of hydrazine groups is 1. The number of aryl methyl sites for hydroxylation is 1. The average molecular weight is 471 g/mol. The van der Waals surface area contributed by atoms with Crippen LogP contribution in [-0.2, 0) is 6.54 Å². The molecule has 0 fully saturated rings. The van der Waals surface area contributed by atoms with Crippen molar-refractivity contribution in [1.29, 1.82) is 0 Å². The van der Waals surface area contributed by atoms with E-state index in [1.165, 1.54) is 5.01 Å². The lowest BCUT2D eigenvalue weighted by Crippen LogP contribution is -2.42. The van der Waals surface area contributed by atoms with Gasteiger partial charge in [0.15, 0.2) is 0 Å². The summed E-state index contributed by atoms with van der Waals surface area (Å²) in [4.78, 5) is 38.6. The normalized spacial score (nSPS) is 12.4. The number of anilines is 2. The van der Waals surface area contributed by atoms with E-state index in [0.29, 0.717) is 27.8 Å². The predicted octanol–water partition coefficient (Wildman–Crippen LogP) is 4.54. The molecule has 2 aromatic carbocycles. The molecule has 0 spiro atoms. The van der Waals surface area contributed by atoms with E-state index in [2.05, 4.69) is 25.7 Å². The van der Waals surface area contributed by atoms with Gasteiger partial charge in [0, 0.05) is 35.4 Å². The Balaban J connectivity index is 1.34. The fourth-order valence-corrected chi connectivity index (χ4v) is 3.98. The quantitative estimate of drug-likeness (QED) is 0.444. The second-order valence-electron chi connectivity index (χ2n) is 7.77. The van der Waals surface area contributed by atoms with Crippen molar-refractivity contribution < 1.29 is 9.59 Å². The molecule has 0 unspecified atom stereocenters. The Morgan fingerprint density at radius 2 is 1.97 bits per heavy atom. The number of hydrogen-bond acceptors (Lipinski definition) is 6. The van der Waals surface area contributed by atoms with Gasteiger partial charge in [0.05, 0.1) is 22.8 Å². The third-order valence-corrected chi connectivity index (χ3v) is 5.80. The molecular formula is C25H19ClN6O2. The van der Waals surface area contributed by atoms with Crippen molar-refractivity contribution in [3.8, 4) is 11.3 Å². The number of rotatable bonds is 5. The van der Waals surface area contributed by atoms with E-state index in [1.807, 2.05) is 31.2 Å². The summed E-state index contributed by atoms with van der Waals surface area (Å²) in [7, 11) is 0. The first-order valence-electron chi connectivity index (χ1n) is 10.5. The van der Waals surface area contributed by atoms with Crippen LogP contribution in [-0.4, -0.2) is 31.8 Å². The number of aromatic nitrogens is 3. The first-order valence-corrected chi connectivity index (χ1v) is 10.9. The van der Waals surface area contributed by atoms with E-state index < -0.39 is 5.91 Å². The highest BCUT2D eigenvalue weighted by Crippen LogP contribution is 2.28. The Hall–Kier alpha value is -4.30. The highest BCUT2D eigenvalue weighted by molar-refractivity contribution is 6.34. The molecule has 3 heterocycles. The van der Waals surface area contributed by atoms with Crippen LogP contribution >= 0.6 is 11.6 Å². The molecule has 0 radical (unpaired) electrons. The van der Waals surface area contributed by atoms with E-state index >= 15 is 0 Å². The van der Waals surface area contributed by atoms with E-state index in [4.69, 9.17) is 11.6 Å². The number of amides is 2. The van der Waals surface area contributed by atoms with Crippen LogP contribution in [0.15, 0.2) is 73.2 Å². The minimum absolute atomic E-state index is 0.256. The van der Waals surface area contributed by atoms with Crippen molar-refractivity contribution in [2.45, 2.75) is 13.5 Å². The van der Waals surface area contributed by atoms with Crippen LogP contribution in [0.4, 0.5) is 11.6 Å². The molecule has 2 amide bonds. The summed E-state index contributed by atoms with van der Waals surface area (Å²) in [5.74, 6) is -0.354. The molecule has 0 saturated carbocycles. The maximum atomic E-state index is 12.9. The summed E-state index contributed by atoms with van der Waals surface area (Å²) < 4.78 is 0. The van der Waals surface area contributed by atoms with Crippen LogP contribution < -0.4 is 10.7 Å². The molecule has 34 heavy (non-hydrogen) atoms. The van der Waals surface area contributed by atoms with Crippen LogP contribution in [0.3, 0.4) is 0 Å². The molecule has 0 aliphatic carbocycles. The standard InChI is InChI=1S/C25H19ClN6O2/c1-15-7-8-16(23(33)31-32-14-18-4-2-6-19(26)22(18)24(32)34)12-21(15)30-25-28-11-9-20(29-25)17-5-3-10-27-13-17/h2-13H,14H2,1H3,(H,31,33)(H,28,29,30). The summed E-state index contributed by atoms with van der Waals surface area (Å²) in [6, 6.07) is 16.0. The summed E-state index contributed by atoms with van der Waals surface area (Å²) >= 11 is 6.16. The van der Waals surface area contributed by atoms with Gasteiger partial charge in [-0.15, -0.1) is 0 Å². The van der Waals surface area contributed by atoms with Crippen molar-refractivity contribution in [1.82, 2.24) is 25.4 Å². The molecule has 168 valence electrons. The summed E-state index contributed by atoms with van der Waals surface area (Å²) in [6.45, 7) is 2.17. The fourth-order valence-electron chi connectivity index (χ4n) is 3.71. The van der Waals surface area contributed by atoms with E-state index in [1.54, 1.807) is 48.9 Å². The van der Waals surface area contributed by atoms with Gasteiger partial charge >= 0.3 is 0 Å². The van der Waals surface area contributed by atoms with Gasteiger partial charge in [0.2, 0.25) is 5.95 Å². The SMILES string of the molecule is Cc1ccc(C(=O)NN2Cc3cccc(Cl)c3C2=O)cc1Nc1nccc(-c2cccnc2)n1. The number of nitrogens with zero attached hydrogens (tertiary/aromatic N) is 4. The van der Waals surface area contributed by atoms with Gasteiger partial charge in [0.1, 0.15) is 0 Å². The second kappa shape index (κ2) is 8.92. The van der Waals surface area contributed by atoms with Crippen molar-refractivity contribution in [2.75, 3.05) is 5.32 Å². The van der Waals surface area contributed by atoms with Crippen LogP contribution in [0, 0.1) is 6.92 Å². The number of benzene rings is 2. The maximum Gasteiger partial charge on any atom is 0.274 e. The van der Waals surface area contributed by atoms with Crippen molar-refractivity contribution >= 4 is 35.1 Å². The third-order valence-electron chi connectivity index (χ3n) is 5.48. The second-order valence-corrected chi connectivity index (χ2v) is 8.18. The lowest BCUT2D eigenvalue weighted by Gasteiger charge is -2.18. The fraction of sp³-hybridized carbons (Fsp3) is 0.0800. The van der Waals surface area contributed by atoms with Gasteiger partial charge in [-0.3, -0.25) is 20.0 Å². The van der Waals surface area contributed by atoms with Crippen LogP contribution in [0.5, 0.6) is 0 Å². The Morgan fingerprint density at radius 1 is 1.09 bits per heavy atom. The van der Waals surface area contributed by atoms with Crippen molar-refractivity contribution in [2.24, 2.45) is 0 Å². The Morgan fingerprint density at radius 3 is 2.76 bits per heavy atom. The number of carbonyl (C=O) groups excluding carboxylic acids is 2. The smallest absolute Gasteiger partial charge is 0.274 e. The number of fused-ring (bicyclic) bond motifs is 1. The van der Waals surface area contributed by atoms with Gasteiger partial charge in [-0.1, -0.05) is 29.8 Å². The molecule has 9 heteroatoms. The van der Waals surface area contributed by atoms with Crippen molar-refractivity contribution in [3.05, 3.63) is 100 Å². The zero-order chi connectivity index (χ0) is 23.7. The first kappa shape index (κ1) is 21.5. The summed E-state index contributed by atoms with van der Waals surface area (Å²) in [5.41, 5.74) is 7.43. The monoisotopic (exact) mass is 470 g/mol. The highest BCUT2D eigenvalue weighted by Gasteiger charge is 2.31. The number of pyridine rings is 1. The zero-order valence-electron chi connectivity index (χ0n) is 18.1. The molecule has 4 aromatic rings. The Bertz CT molecular complexity index is 1410. The van der Waals surface area contributed by atoms with Gasteiger partial charge in [0.25, 0.3) is 11.8 Å². The minimum Gasteiger partial charge on any atom is -0.324 e. The number of hydrogen-bond donors (Lipinski definition) is 2. The highest BCUT2D eigenvalue weighted by atomic mass is 35.5. The molecule has 2 aromatic heterocycles. The van der Waals surface area contributed by atoms with Gasteiger partial charge in [-0.05, 0) is 54.4 Å². The molecule has 1 aliphatic heterocycles.